The number of pyridine rings is 1. The van der Waals surface area contributed by atoms with E-state index in [1.807, 2.05) is 30.3 Å². The van der Waals surface area contributed by atoms with Crippen LogP contribution in [0.4, 0.5) is 0 Å². The Hall–Kier alpha value is -2.60. The number of carbonyl (C=O) groups excluding carboxylic acids is 1. The van der Waals surface area contributed by atoms with Crippen molar-refractivity contribution in [3.8, 4) is 11.5 Å². The standard InChI is InChI=1S/C19H22N2O4/c1-24-19(14-25-15-7-3-2-4-8-15)10-6-12-21(13-19)18(23)17-16(22)9-5-11-20-17/h2-5,7-9,11,22H,6,10,12-14H2,1H3/t19-/m0/s1. The van der Waals surface area contributed by atoms with Gasteiger partial charge in [-0.3, -0.25) is 4.79 Å². The van der Waals surface area contributed by atoms with Crippen LogP contribution in [-0.4, -0.2) is 53.3 Å². The first-order valence-electron chi connectivity index (χ1n) is 8.30. The van der Waals surface area contributed by atoms with Crippen LogP contribution in [0.15, 0.2) is 48.7 Å². The van der Waals surface area contributed by atoms with Crippen LogP contribution in [0, 0.1) is 0 Å². The molecule has 6 nitrogen and oxygen atoms in total. The number of nitrogens with zero attached hydrogens (tertiary/aromatic N) is 2. The van der Waals surface area contributed by atoms with Gasteiger partial charge in [-0.05, 0) is 37.1 Å². The number of piperidine rings is 1. The summed E-state index contributed by atoms with van der Waals surface area (Å²) in [5.41, 5.74) is -0.507. The average Bonchev–Trinajstić information content (AvgIpc) is 2.67. The van der Waals surface area contributed by atoms with E-state index in [2.05, 4.69) is 4.98 Å². The van der Waals surface area contributed by atoms with Gasteiger partial charge in [0.05, 0.1) is 6.54 Å². The van der Waals surface area contributed by atoms with Crippen LogP contribution < -0.4 is 4.74 Å². The van der Waals surface area contributed by atoms with E-state index < -0.39 is 5.60 Å². The zero-order valence-corrected chi connectivity index (χ0v) is 14.2. The van der Waals surface area contributed by atoms with E-state index in [1.54, 1.807) is 18.1 Å². The molecular weight excluding hydrogens is 320 g/mol. The van der Waals surface area contributed by atoms with E-state index in [0.29, 0.717) is 19.7 Å². The summed E-state index contributed by atoms with van der Waals surface area (Å²) in [6.45, 7) is 1.35. The molecule has 0 bridgehead atoms. The molecule has 1 aromatic carbocycles. The average molecular weight is 342 g/mol. The number of amides is 1. The molecule has 1 aromatic heterocycles. The van der Waals surface area contributed by atoms with Gasteiger partial charge < -0.3 is 19.5 Å². The molecule has 1 aliphatic rings. The van der Waals surface area contributed by atoms with Crippen LogP contribution >= 0.6 is 0 Å². The van der Waals surface area contributed by atoms with Crippen molar-refractivity contribution in [1.82, 2.24) is 9.88 Å². The Bertz CT molecular complexity index is 722. The number of benzene rings is 1. The Morgan fingerprint density at radius 2 is 2.08 bits per heavy atom. The molecule has 0 aliphatic carbocycles. The Kier molecular flexibility index (Phi) is 5.19. The number of methoxy groups -OCH3 is 1. The number of para-hydroxylation sites is 1. The summed E-state index contributed by atoms with van der Waals surface area (Å²) in [5.74, 6) is 0.366. The molecule has 1 atom stereocenters. The maximum absolute atomic E-state index is 12.7. The van der Waals surface area contributed by atoms with Gasteiger partial charge in [0, 0.05) is 19.9 Å². The fourth-order valence-corrected chi connectivity index (χ4v) is 3.06. The molecule has 2 aromatic rings. The summed E-state index contributed by atoms with van der Waals surface area (Å²) < 4.78 is 11.6. The lowest BCUT2D eigenvalue weighted by Crippen LogP contribution is -2.54. The number of likely N-dealkylation sites (tertiary alicyclic amines) is 1. The van der Waals surface area contributed by atoms with Crippen LogP contribution in [0.2, 0.25) is 0 Å². The van der Waals surface area contributed by atoms with Gasteiger partial charge in [-0.25, -0.2) is 4.98 Å². The normalized spacial score (nSPS) is 20.3. The van der Waals surface area contributed by atoms with E-state index in [0.717, 1.165) is 18.6 Å². The van der Waals surface area contributed by atoms with E-state index in [1.165, 1.54) is 12.3 Å². The highest BCUT2D eigenvalue weighted by molar-refractivity contribution is 5.94. The highest BCUT2D eigenvalue weighted by Gasteiger charge is 2.39. The molecule has 25 heavy (non-hydrogen) atoms. The van der Waals surface area contributed by atoms with E-state index in [-0.39, 0.29) is 17.4 Å². The number of hydrogen-bond acceptors (Lipinski definition) is 5. The Labute approximate surface area is 147 Å². The first-order chi connectivity index (χ1) is 12.1. The maximum Gasteiger partial charge on any atom is 0.276 e. The number of aromatic nitrogens is 1. The summed E-state index contributed by atoms with van der Waals surface area (Å²) in [7, 11) is 1.64. The SMILES string of the molecule is CO[C@@]1(COc2ccccc2)CCCN(C(=O)c2ncccc2O)C1. The quantitative estimate of drug-likeness (QED) is 0.904. The van der Waals surface area contributed by atoms with Crippen molar-refractivity contribution in [1.29, 1.82) is 0 Å². The van der Waals surface area contributed by atoms with Crippen LogP contribution in [0.3, 0.4) is 0 Å². The van der Waals surface area contributed by atoms with Crippen molar-refractivity contribution >= 4 is 5.91 Å². The zero-order valence-electron chi connectivity index (χ0n) is 14.2. The number of rotatable bonds is 5. The molecule has 2 heterocycles. The lowest BCUT2D eigenvalue weighted by Gasteiger charge is -2.41. The van der Waals surface area contributed by atoms with Crippen molar-refractivity contribution in [2.45, 2.75) is 18.4 Å². The second-order valence-electron chi connectivity index (χ2n) is 6.19. The molecule has 1 saturated heterocycles. The van der Waals surface area contributed by atoms with Crippen LogP contribution in [0.1, 0.15) is 23.3 Å². The molecule has 0 radical (unpaired) electrons. The van der Waals surface area contributed by atoms with Gasteiger partial charge in [0.2, 0.25) is 0 Å². The van der Waals surface area contributed by atoms with Crippen molar-refractivity contribution in [3.05, 3.63) is 54.4 Å². The molecule has 132 valence electrons. The van der Waals surface area contributed by atoms with Crippen molar-refractivity contribution in [2.24, 2.45) is 0 Å². The summed E-state index contributed by atoms with van der Waals surface area (Å²) in [6.07, 6.45) is 3.10. The molecule has 1 fully saturated rings. The lowest BCUT2D eigenvalue weighted by atomic mass is 9.93. The second kappa shape index (κ2) is 7.53. The van der Waals surface area contributed by atoms with Crippen molar-refractivity contribution in [2.75, 3.05) is 26.8 Å². The summed E-state index contributed by atoms with van der Waals surface area (Å²) >= 11 is 0. The first kappa shape index (κ1) is 17.2. The van der Waals surface area contributed by atoms with Crippen molar-refractivity contribution in [3.63, 3.8) is 0 Å². The summed E-state index contributed by atoms with van der Waals surface area (Å²) in [5, 5.41) is 9.88. The predicted molar refractivity (Wildman–Crippen MR) is 92.7 cm³/mol. The molecule has 0 spiro atoms. The molecule has 1 aliphatic heterocycles. The van der Waals surface area contributed by atoms with Gasteiger partial charge in [-0.2, -0.15) is 0 Å². The van der Waals surface area contributed by atoms with Gasteiger partial charge in [0.1, 0.15) is 23.7 Å². The summed E-state index contributed by atoms with van der Waals surface area (Å²) in [4.78, 5) is 18.4. The predicted octanol–water partition coefficient (Wildman–Crippen LogP) is 2.49. The molecule has 3 rings (SSSR count). The molecule has 0 saturated carbocycles. The minimum Gasteiger partial charge on any atom is -0.505 e. The smallest absolute Gasteiger partial charge is 0.276 e. The minimum atomic E-state index is -0.575. The van der Waals surface area contributed by atoms with Gasteiger partial charge in [-0.1, -0.05) is 18.2 Å². The topological polar surface area (TPSA) is 71.9 Å². The summed E-state index contributed by atoms with van der Waals surface area (Å²) in [6, 6.07) is 12.6. The fraction of sp³-hybridized carbons (Fsp3) is 0.368. The monoisotopic (exact) mass is 342 g/mol. The zero-order chi connectivity index (χ0) is 17.7. The third kappa shape index (κ3) is 3.91. The lowest BCUT2D eigenvalue weighted by molar-refractivity contribution is -0.0825. The highest BCUT2D eigenvalue weighted by atomic mass is 16.5. The van der Waals surface area contributed by atoms with E-state index in [4.69, 9.17) is 9.47 Å². The number of hydrogen-bond donors (Lipinski definition) is 1. The first-order valence-corrected chi connectivity index (χ1v) is 8.30. The largest absolute Gasteiger partial charge is 0.505 e. The number of aromatic hydroxyl groups is 1. The Balaban J connectivity index is 1.71. The van der Waals surface area contributed by atoms with E-state index in [9.17, 15) is 9.90 Å². The van der Waals surface area contributed by atoms with Crippen LogP contribution in [-0.2, 0) is 4.74 Å². The van der Waals surface area contributed by atoms with E-state index >= 15 is 0 Å². The van der Waals surface area contributed by atoms with Gasteiger partial charge in [0.25, 0.3) is 5.91 Å². The van der Waals surface area contributed by atoms with Gasteiger partial charge >= 0.3 is 0 Å². The van der Waals surface area contributed by atoms with Gasteiger partial charge in [-0.15, -0.1) is 0 Å². The molecule has 0 unspecified atom stereocenters. The number of ether oxygens (including phenoxy) is 2. The number of carbonyl (C=O) groups is 1. The second-order valence-corrected chi connectivity index (χ2v) is 6.19. The van der Waals surface area contributed by atoms with Crippen molar-refractivity contribution < 1.29 is 19.4 Å². The Morgan fingerprint density at radius 1 is 1.28 bits per heavy atom. The molecule has 6 heteroatoms. The maximum atomic E-state index is 12.7. The molecular formula is C19H22N2O4. The molecule has 1 N–H and O–H groups in total. The molecule has 1 amide bonds. The fourth-order valence-electron chi connectivity index (χ4n) is 3.06. The van der Waals surface area contributed by atoms with Crippen LogP contribution in [0.5, 0.6) is 11.5 Å². The minimum absolute atomic E-state index is 0.0679. The van der Waals surface area contributed by atoms with Gasteiger partial charge in [0.15, 0.2) is 5.69 Å². The Morgan fingerprint density at radius 3 is 2.80 bits per heavy atom. The highest BCUT2D eigenvalue weighted by Crippen LogP contribution is 2.28. The van der Waals surface area contributed by atoms with Crippen LogP contribution in [0.25, 0.3) is 0 Å². The third-order valence-corrected chi connectivity index (χ3v) is 4.49. The third-order valence-electron chi connectivity index (χ3n) is 4.49.